The summed E-state index contributed by atoms with van der Waals surface area (Å²) in [5, 5.41) is 21.7. The summed E-state index contributed by atoms with van der Waals surface area (Å²) in [5.41, 5.74) is 0.291. The number of hydrogen-bond acceptors (Lipinski definition) is 3. The summed E-state index contributed by atoms with van der Waals surface area (Å²) in [6.07, 6.45) is -4.50. The fourth-order valence-corrected chi connectivity index (χ4v) is 2.57. The third-order valence-corrected chi connectivity index (χ3v) is 3.86. The van der Waals surface area contributed by atoms with Crippen LogP contribution in [0.1, 0.15) is 15.9 Å². The molecule has 0 fully saturated rings. The third-order valence-electron chi connectivity index (χ3n) is 3.86. The van der Waals surface area contributed by atoms with Gasteiger partial charge in [-0.15, -0.1) is 0 Å². The van der Waals surface area contributed by atoms with Crippen LogP contribution in [0, 0.1) is 0 Å². The second kappa shape index (κ2) is 7.03. The average molecular weight is 373 g/mol. The topological polar surface area (TPSA) is 69.6 Å². The number of carbonyl (C=O) groups is 1. The number of carbonyl (C=O) groups excluding carboxylic acids is 1. The quantitative estimate of drug-likeness (QED) is 0.603. The number of amides is 1. The molecule has 0 bridgehead atoms. The monoisotopic (exact) mass is 373 g/mol. The molecule has 1 amide bonds. The first-order valence-electron chi connectivity index (χ1n) is 7.85. The minimum absolute atomic E-state index is 0.0210. The molecule has 3 aromatic rings. The highest BCUT2D eigenvalue weighted by atomic mass is 19.4. The molecule has 0 aliphatic rings. The average Bonchev–Trinajstić information content (AvgIpc) is 2.61. The van der Waals surface area contributed by atoms with E-state index in [4.69, 9.17) is 0 Å². The first-order chi connectivity index (χ1) is 12.7. The highest BCUT2D eigenvalue weighted by Crippen LogP contribution is 2.33. The Hall–Kier alpha value is -3.48. The smallest absolute Gasteiger partial charge is 0.416 e. The fourth-order valence-electron chi connectivity index (χ4n) is 2.57. The van der Waals surface area contributed by atoms with Gasteiger partial charge in [0.2, 0.25) is 0 Å². The molecule has 0 heterocycles. The molecule has 0 radical (unpaired) electrons. The number of nitrogens with one attached hydrogen (secondary N) is 1. The minimum Gasteiger partial charge on any atom is -0.508 e. The number of alkyl halides is 3. The van der Waals surface area contributed by atoms with Gasteiger partial charge in [-0.2, -0.15) is 13.2 Å². The summed E-state index contributed by atoms with van der Waals surface area (Å²) in [5.74, 6) is -0.852. The molecule has 0 saturated heterocycles. The van der Waals surface area contributed by atoms with Crippen molar-refractivity contribution >= 4 is 11.6 Å². The highest BCUT2D eigenvalue weighted by molar-refractivity contribution is 6.05. The van der Waals surface area contributed by atoms with Gasteiger partial charge in [-0.25, -0.2) is 0 Å². The molecule has 0 aromatic heterocycles. The van der Waals surface area contributed by atoms with Crippen molar-refractivity contribution in [1.29, 1.82) is 0 Å². The minimum atomic E-state index is -4.50. The molecule has 3 rings (SSSR count). The van der Waals surface area contributed by atoms with Gasteiger partial charge in [-0.05, 0) is 48.0 Å². The number of phenolic OH excluding ortho intramolecular Hbond substituents is 2. The van der Waals surface area contributed by atoms with Gasteiger partial charge in [-0.1, -0.05) is 18.2 Å². The predicted octanol–water partition coefficient (Wildman–Crippen LogP) is 5.04. The first-order valence-corrected chi connectivity index (χ1v) is 7.85. The summed E-state index contributed by atoms with van der Waals surface area (Å²) >= 11 is 0. The Kier molecular flexibility index (Phi) is 4.77. The Balaban J connectivity index is 1.86. The number of hydrogen-bond donors (Lipinski definition) is 3. The van der Waals surface area contributed by atoms with Gasteiger partial charge >= 0.3 is 6.18 Å². The lowest BCUT2D eigenvalue weighted by Gasteiger charge is -2.11. The van der Waals surface area contributed by atoms with Gasteiger partial charge in [0.15, 0.2) is 0 Å². The van der Waals surface area contributed by atoms with E-state index in [9.17, 15) is 28.2 Å². The summed E-state index contributed by atoms with van der Waals surface area (Å²) in [6, 6.07) is 14.7. The van der Waals surface area contributed by atoms with E-state index >= 15 is 0 Å². The van der Waals surface area contributed by atoms with Gasteiger partial charge in [-0.3, -0.25) is 4.79 Å². The Bertz CT molecular complexity index is 1000. The van der Waals surface area contributed by atoms with Crippen molar-refractivity contribution < 1.29 is 28.2 Å². The molecule has 4 nitrogen and oxygen atoms in total. The van der Waals surface area contributed by atoms with Crippen molar-refractivity contribution in [2.75, 3.05) is 5.32 Å². The van der Waals surface area contributed by atoms with Crippen LogP contribution in [0.15, 0.2) is 66.7 Å². The molecule has 0 spiro atoms. The summed E-state index contributed by atoms with van der Waals surface area (Å²) < 4.78 is 38.3. The molecule has 0 aliphatic heterocycles. The maximum Gasteiger partial charge on any atom is 0.416 e. The Morgan fingerprint density at radius 2 is 1.63 bits per heavy atom. The number of phenols is 2. The number of halogens is 3. The number of rotatable bonds is 3. The zero-order valence-corrected chi connectivity index (χ0v) is 13.8. The molecule has 0 aliphatic carbocycles. The van der Waals surface area contributed by atoms with Gasteiger partial charge < -0.3 is 15.5 Å². The van der Waals surface area contributed by atoms with Crippen molar-refractivity contribution in [2.45, 2.75) is 6.18 Å². The van der Waals surface area contributed by atoms with E-state index in [-0.39, 0.29) is 22.7 Å². The third kappa shape index (κ3) is 4.20. The van der Waals surface area contributed by atoms with Crippen LogP contribution in [0.5, 0.6) is 11.5 Å². The van der Waals surface area contributed by atoms with Crippen LogP contribution >= 0.6 is 0 Å². The molecule has 27 heavy (non-hydrogen) atoms. The molecule has 0 unspecified atom stereocenters. The van der Waals surface area contributed by atoms with E-state index in [0.717, 1.165) is 12.1 Å². The van der Waals surface area contributed by atoms with Gasteiger partial charge in [0.05, 0.1) is 5.56 Å². The van der Waals surface area contributed by atoms with Gasteiger partial charge in [0, 0.05) is 22.9 Å². The second-order valence-electron chi connectivity index (χ2n) is 5.81. The van der Waals surface area contributed by atoms with Crippen molar-refractivity contribution in [3.63, 3.8) is 0 Å². The molecule has 7 heteroatoms. The Morgan fingerprint density at radius 3 is 2.33 bits per heavy atom. The van der Waals surface area contributed by atoms with Crippen molar-refractivity contribution in [3.8, 4) is 22.6 Å². The zero-order valence-electron chi connectivity index (χ0n) is 13.8. The van der Waals surface area contributed by atoms with Crippen LogP contribution in [0.25, 0.3) is 11.1 Å². The van der Waals surface area contributed by atoms with Crippen LogP contribution < -0.4 is 5.32 Å². The number of anilines is 1. The van der Waals surface area contributed by atoms with Crippen LogP contribution in [0.3, 0.4) is 0 Å². The van der Waals surface area contributed by atoms with Crippen LogP contribution in [0.2, 0.25) is 0 Å². The number of benzene rings is 3. The van der Waals surface area contributed by atoms with Gasteiger partial charge in [0.25, 0.3) is 5.91 Å². The molecule has 3 N–H and O–H groups in total. The lowest BCUT2D eigenvalue weighted by Crippen LogP contribution is -2.13. The molecule has 0 atom stereocenters. The second-order valence-corrected chi connectivity index (χ2v) is 5.81. The van der Waals surface area contributed by atoms with E-state index in [0.29, 0.717) is 11.1 Å². The van der Waals surface area contributed by atoms with Crippen LogP contribution in [0.4, 0.5) is 18.9 Å². The molecule has 3 aromatic carbocycles. The molecular weight excluding hydrogens is 359 g/mol. The Labute approximate surface area is 152 Å². The van der Waals surface area contributed by atoms with E-state index in [1.54, 1.807) is 12.1 Å². The lowest BCUT2D eigenvalue weighted by atomic mass is 10.0. The van der Waals surface area contributed by atoms with Crippen LogP contribution in [-0.4, -0.2) is 16.1 Å². The highest BCUT2D eigenvalue weighted by Gasteiger charge is 2.30. The SMILES string of the molecule is O=C(Nc1cccc(C(F)(F)F)c1)c1cccc(-c2ccc(O)cc2O)c1. The van der Waals surface area contributed by atoms with E-state index in [1.165, 1.54) is 42.5 Å². The van der Waals surface area contributed by atoms with E-state index in [2.05, 4.69) is 5.32 Å². The van der Waals surface area contributed by atoms with Crippen molar-refractivity contribution in [2.24, 2.45) is 0 Å². The largest absolute Gasteiger partial charge is 0.508 e. The van der Waals surface area contributed by atoms with Crippen LogP contribution in [-0.2, 0) is 6.18 Å². The zero-order chi connectivity index (χ0) is 19.6. The summed E-state index contributed by atoms with van der Waals surface area (Å²) in [6.45, 7) is 0. The first kappa shape index (κ1) is 18.3. The van der Waals surface area contributed by atoms with Crippen molar-refractivity contribution in [1.82, 2.24) is 0 Å². The molecule has 0 saturated carbocycles. The molecule has 138 valence electrons. The van der Waals surface area contributed by atoms with E-state index < -0.39 is 17.6 Å². The number of aromatic hydroxyl groups is 2. The summed E-state index contributed by atoms with van der Waals surface area (Å²) in [7, 11) is 0. The summed E-state index contributed by atoms with van der Waals surface area (Å²) in [4.78, 5) is 12.4. The predicted molar refractivity (Wildman–Crippen MR) is 94.6 cm³/mol. The standard InChI is InChI=1S/C20H14F3NO3/c21-20(22,23)14-5-2-6-15(10-14)24-19(27)13-4-1-3-12(9-13)17-8-7-16(25)11-18(17)26/h1-11,25-26H,(H,24,27). The Morgan fingerprint density at radius 1 is 0.889 bits per heavy atom. The van der Waals surface area contributed by atoms with Crippen molar-refractivity contribution in [3.05, 3.63) is 77.9 Å². The van der Waals surface area contributed by atoms with Gasteiger partial charge in [0.1, 0.15) is 11.5 Å². The molecular formula is C20H14F3NO3. The lowest BCUT2D eigenvalue weighted by molar-refractivity contribution is -0.137. The normalized spacial score (nSPS) is 11.2. The maximum absolute atomic E-state index is 12.8. The van der Waals surface area contributed by atoms with E-state index in [1.807, 2.05) is 0 Å². The maximum atomic E-state index is 12.8. The fraction of sp³-hybridized carbons (Fsp3) is 0.0500.